The largest absolute Gasteiger partial charge is 0.423 e. The Hall–Kier alpha value is -0.910. The third kappa shape index (κ3) is 2.51. The Balaban J connectivity index is 1.80. The Morgan fingerprint density at radius 2 is 2.24 bits per heavy atom. The van der Waals surface area contributed by atoms with Crippen molar-refractivity contribution in [2.45, 2.75) is 30.7 Å². The quantitative estimate of drug-likeness (QED) is 0.609. The highest BCUT2D eigenvalue weighted by atomic mass is 35.5. The van der Waals surface area contributed by atoms with Crippen LogP contribution in [-0.2, 0) is 9.59 Å². The van der Waals surface area contributed by atoms with Crippen molar-refractivity contribution >= 4 is 46.8 Å². The lowest BCUT2D eigenvalue weighted by atomic mass is 10.2. The van der Waals surface area contributed by atoms with Crippen molar-refractivity contribution in [3.8, 4) is 5.75 Å². The van der Waals surface area contributed by atoms with Crippen molar-refractivity contribution in [2.24, 2.45) is 0 Å². The number of nitrogens with zero attached hydrogens (tertiary/aromatic N) is 1. The summed E-state index contributed by atoms with van der Waals surface area (Å²) in [6.07, 6.45) is 1.24. The number of ether oxygens (including phenoxy) is 1. The van der Waals surface area contributed by atoms with E-state index in [0.717, 1.165) is 6.42 Å². The number of amides is 1. The summed E-state index contributed by atoms with van der Waals surface area (Å²) in [5.41, 5.74) is 0. The van der Waals surface area contributed by atoms with Crippen LogP contribution in [0.3, 0.4) is 0 Å². The molecular weight excluding hydrogens is 333 g/mol. The fourth-order valence-electron chi connectivity index (χ4n) is 2.73. The van der Waals surface area contributed by atoms with Gasteiger partial charge in [0.15, 0.2) is 5.75 Å². The normalized spacial score (nSPS) is 27.9. The molecule has 2 aliphatic heterocycles. The second kappa shape index (κ2) is 5.38. The maximum Gasteiger partial charge on any atom is 0.335 e. The van der Waals surface area contributed by atoms with Crippen molar-refractivity contribution in [2.75, 3.05) is 5.75 Å². The van der Waals surface area contributed by atoms with Crippen LogP contribution >= 0.6 is 35.0 Å². The van der Waals surface area contributed by atoms with E-state index in [1.807, 2.05) is 6.92 Å². The topological polar surface area (TPSA) is 46.6 Å². The maximum atomic E-state index is 12.4. The Labute approximate surface area is 136 Å². The molecule has 0 saturated carbocycles. The first-order chi connectivity index (χ1) is 9.92. The minimum atomic E-state index is -0.565. The third-order valence-electron chi connectivity index (χ3n) is 3.84. The van der Waals surface area contributed by atoms with Gasteiger partial charge in [-0.25, -0.2) is 4.79 Å². The van der Waals surface area contributed by atoms with E-state index in [1.165, 1.54) is 0 Å². The van der Waals surface area contributed by atoms with E-state index in [9.17, 15) is 9.59 Å². The van der Waals surface area contributed by atoms with Crippen LogP contribution in [-0.4, -0.2) is 33.4 Å². The van der Waals surface area contributed by atoms with Gasteiger partial charge in [0, 0.05) is 12.2 Å². The molecule has 0 aliphatic carbocycles. The first-order valence-electron chi connectivity index (χ1n) is 6.54. The smallest absolute Gasteiger partial charge is 0.335 e. The van der Waals surface area contributed by atoms with Gasteiger partial charge in [0.25, 0.3) is 0 Å². The van der Waals surface area contributed by atoms with Crippen molar-refractivity contribution in [1.29, 1.82) is 0 Å². The molecule has 0 aromatic heterocycles. The first kappa shape index (κ1) is 15.0. The van der Waals surface area contributed by atoms with Gasteiger partial charge in [-0.15, -0.1) is 11.8 Å². The highest BCUT2D eigenvalue weighted by Crippen LogP contribution is 2.47. The fourth-order valence-corrected chi connectivity index (χ4v) is 4.48. The Morgan fingerprint density at radius 3 is 3.00 bits per heavy atom. The summed E-state index contributed by atoms with van der Waals surface area (Å²) in [6, 6.07) is 4.29. The number of rotatable bonds is 2. The zero-order chi connectivity index (χ0) is 15.2. The standard InChI is InChI=1S/C14H13Cl2NO3S/c1-14-6-5-11(18)17(14)9(7-21-14)13(19)20-10-4-2-3-8(15)12(10)16/h2-4,9H,5-7H2,1H3/t9-,14+/m1/s1. The summed E-state index contributed by atoms with van der Waals surface area (Å²) in [7, 11) is 0. The molecule has 2 aliphatic rings. The van der Waals surface area contributed by atoms with Crippen LogP contribution in [0.5, 0.6) is 5.75 Å². The van der Waals surface area contributed by atoms with E-state index in [4.69, 9.17) is 27.9 Å². The average Bonchev–Trinajstić information content (AvgIpc) is 2.92. The molecule has 0 spiro atoms. The van der Waals surface area contributed by atoms with Crippen LogP contribution in [0.4, 0.5) is 0 Å². The van der Waals surface area contributed by atoms with Gasteiger partial charge < -0.3 is 9.64 Å². The van der Waals surface area contributed by atoms with Gasteiger partial charge in [0.05, 0.1) is 9.89 Å². The number of carbonyl (C=O) groups is 2. The summed E-state index contributed by atoms with van der Waals surface area (Å²) in [5.74, 6) is 0.297. The first-order valence-corrected chi connectivity index (χ1v) is 8.28. The third-order valence-corrected chi connectivity index (χ3v) is 6.15. The highest BCUT2D eigenvalue weighted by molar-refractivity contribution is 8.01. The number of halogens is 2. The Kier molecular flexibility index (Phi) is 3.84. The second-order valence-electron chi connectivity index (χ2n) is 5.24. The second-order valence-corrected chi connectivity index (χ2v) is 7.53. The van der Waals surface area contributed by atoms with Crippen molar-refractivity contribution in [3.63, 3.8) is 0 Å². The molecule has 0 bridgehead atoms. The molecule has 2 fully saturated rings. The molecule has 7 heteroatoms. The van der Waals surface area contributed by atoms with Gasteiger partial charge in [0.1, 0.15) is 11.1 Å². The zero-order valence-corrected chi connectivity index (χ0v) is 13.6. The number of thioether (sulfide) groups is 1. The summed E-state index contributed by atoms with van der Waals surface area (Å²) in [6.45, 7) is 1.99. The molecule has 2 atom stereocenters. The predicted octanol–water partition coefficient (Wildman–Crippen LogP) is 3.35. The molecule has 2 saturated heterocycles. The van der Waals surface area contributed by atoms with Gasteiger partial charge >= 0.3 is 5.97 Å². The predicted molar refractivity (Wildman–Crippen MR) is 82.8 cm³/mol. The SMILES string of the molecule is C[C@]12CCC(=O)N1[C@@H](C(=O)Oc1cccc(Cl)c1Cl)CS2. The van der Waals surface area contributed by atoms with Crippen LogP contribution in [0.25, 0.3) is 0 Å². The summed E-state index contributed by atoms with van der Waals surface area (Å²) in [5, 5.41) is 0.526. The molecule has 2 heterocycles. The van der Waals surface area contributed by atoms with E-state index in [0.29, 0.717) is 17.2 Å². The van der Waals surface area contributed by atoms with E-state index in [-0.39, 0.29) is 21.6 Å². The van der Waals surface area contributed by atoms with Crippen LogP contribution in [0, 0.1) is 0 Å². The zero-order valence-electron chi connectivity index (χ0n) is 11.3. The molecule has 112 valence electrons. The molecule has 3 rings (SSSR count). The molecule has 1 aromatic rings. The van der Waals surface area contributed by atoms with Crippen molar-refractivity contribution < 1.29 is 14.3 Å². The number of benzene rings is 1. The number of carbonyl (C=O) groups excluding carboxylic acids is 2. The van der Waals surface area contributed by atoms with Crippen LogP contribution in [0.15, 0.2) is 18.2 Å². The molecule has 0 radical (unpaired) electrons. The van der Waals surface area contributed by atoms with Crippen molar-refractivity contribution in [1.82, 2.24) is 4.90 Å². The fraction of sp³-hybridized carbons (Fsp3) is 0.429. The summed E-state index contributed by atoms with van der Waals surface area (Å²) >= 11 is 13.5. The van der Waals surface area contributed by atoms with Gasteiger partial charge in [-0.3, -0.25) is 4.79 Å². The van der Waals surface area contributed by atoms with Gasteiger partial charge in [-0.05, 0) is 25.5 Å². The minimum Gasteiger partial charge on any atom is -0.423 e. The Morgan fingerprint density at radius 1 is 1.48 bits per heavy atom. The lowest BCUT2D eigenvalue weighted by Gasteiger charge is -2.29. The molecule has 1 aromatic carbocycles. The molecule has 0 unspecified atom stereocenters. The van der Waals surface area contributed by atoms with Gasteiger partial charge in [-0.1, -0.05) is 29.3 Å². The van der Waals surface area contributed by atoms with E-state index in [2.05, 4.69) is 0 Å². The number of hydrogen-bond donors (Lipinski definition) is 0. The lowest BCUT2D eigenvalue weighted by Crippen LogP contribution is -2.47. The molecule has 1 amide bonds. The average molecular weight is 346 g/mol. The van der Waals surface area contributed by atoms with E-state index in [1.54, 1.807) is 34.9 Å². The molecular formula is C14H13Cl2NO3S. The van der Waals surface area contributed by atoms with Crippen molar-refractivity contribution in [3.05, 3.63) is 28.2 Å². The number of esters is 1. The van der Waals surface area contributed by atoms with Gasteiger partial charge in [-0.2, -0.15) is 0 Å². The monoisotopic (exact) mass is 345 g/mol. The molecule has 4 nitrogen and oxygen atoms in total. The van der Waals surface area contributed by atoms with Gasteiger partial charge in [0.2, 0.25) is 5.91 Å². The molecule has 21 heavy (non-hydrogen) atoms. The number of hydrogen-bond acceptors (Lipinski definition) is 4. The highest BCUT2D eigenvalue weighted by Gasteiger charge is 2.53. The maximum absolute atomic E-state index is 12.4. The van der Waals surface area contributed by atoms with E-state index >= 15 is 0 Å². The number of fused-ring (bicyclic) bond motifs is 1. The lowest BCUT2D eigenvalue weighted by molar-refractivity contribution is -0.146. The van der Waals surface area contributed by atoms with Crippen LogP contribution < -0.4 is 4.74 Å². The summed E-state index contributed by atoms with van der Waals surface area (Å²) < 4.78 is 5.35. The molecule has 0 N–H and O–H groups in total. The van der Waals surface area contributed by atoms with Crippen LogP contribution in [0.1, 0.15) is 19.8 Å². The summed E-state index contributed by atoms with van der Waals surface area (Å²) in [4.78, 5) is 25.7. The van der Waals surface area contributed by atoms with Crippen LogP contribution in [0.2, 0.25) is 10.0 Å². The van der Waals surface area contributed by atoms with E-state index < -0.39 is 12.0 Å². The Bertz CT molecular complexity index is 624. The minimum absolute atomic E-state index is 0.00152.